The number of thioether (sulfide) groups is 1. The van der Waals surface area contributed by atoms with Gasteiger partial charge in [0.25, 0.3) is 11.8 Å². The quantitative estimate of drug-likeness (QED) is 0.471. The molecule has 0 aliphatic carbocycles. The minimum atomic E-state index is -0.718. The van der Waals surface area contributed by atoms with Crippen LogP contribution in [0, 0.1) is 5.82 Å². The molecule has 1 fully saturated rings. The van der Waals surface area contributed by atoms with Crippen molar-refractivity contribution in [1.29, 1.82) is 0 Å². The second-order valence-electron chi connectivity index (χ2n) is 5.78. The van der Waals surface area contributed by atoms with Crippen molar-refractivity contribution in [1.82, 2.24) is 15.3 Å². The first kappa shape index (κ1) is 19.1. The highest BCUT2D eigenvalue weighted by molar-refractivity contribution is 8.18. The van der Waals surface area contributed by atoms with Gasteiger partial charge in [-0.1, -0.05) is 30.3 Å². The molecule has 2 heterocycles. The predicted molar refractivity (Wildman–Crippen MR) is 111 cm³/mol. The Labute approximate surface area is 174 Å². The summed E-state index contributed by atoms with van der Waals surface area (Å²) in [5, 5.41) is 3.15. The van der Waals surface area contributed by atoms with Gasteiger partial charge in [0.05, 0.1) is 16.8 Å². The normalized spacial score (nSPS) is 16.3. The molecule has 1 aliphatic heterocycles. The summed E-state index contributed by atoms with van der Waals surface area (Å²) in [7, 11) is 0. The summed E-state index contributed by atoms with van der Waals surface area (Å²) in [5.41, 5.74) is 1.53. The van der Waals surface area contributed by atoms with E-state index in [1.807, 2.05) is 30.3 Å². The maximum absolute atomic E-state index is 13.7. The van der Waals surface area contributed by atoms with E-state index in [0.717, 1.165) is 17.4 Å². The first-order chi connectivity index (χ1) is 14.1. The van der Waals surface area contributed by atoms with Crippen molar-refractivity contribution in [2.24, 2.45) is 4.99 Å². The van der Waals surface area contributed by atoms with Crippen LogP contribution >= 0.6 is 23.4 Å². The van der Waals surface area contributed by atoms with Gasteiger partial charge < -0.3 is 10.1 Å². The smallest absolute Gasteiger partial charge is 0.264 e. The van der Waals surface area contributed by atoms with Crippen molar-refractivity contribution in [3.8, 4) is 11.6 Å². The number of para-hydroxylation sites is 1. The van der Waals surface area contributed by atoms with Crippen LogP contribution in [0.3, 0.4) is 0 Å². The summed E-state index contributed by atoms with van der Waals surface area (Å²) < 4.78 is 19.0. The summed E-state index contributed by atoms with van der Waals surface area (Å²) in [6.07, 6.45) is 2.67. The molecule has 1 saturated heterocycles. The van der Waals surface area contributed by atoms with Crippen LogP contribution in [0.15, 0.2) is 70.7 Å². The summed E-state index contributed by atoms with van der Waals surface area (Å²) in [4.78, 5) is 24.3. The van der Waals surface area contributed by atoms with Gasteiger partial charge in [-0.3, -0.25) is 4.79 Å². The monoisotopic (exact) mass is 426 g/mol. The lowest BCUT2D eigenvalue weighted by atomic mass is 10.2. The van der Waals surface area contributed by atoms with Crippen molar-refractivity contribution in [3.63, 3.8) is 0 Å². The SMILES string of the molecule is O=C1NC(=Nc2ccccc2)S/C1=C/c1ccc(Oc2nc(Cl)ncc2F)cc1. The summed E-state index contributed by atoms with van der Waals surface area (Å²) in [5.74, 6) is -0.827. The van der Waals surface area contributed by atoms with Crippen LogP contribution in [-0.2, 0) is 4.79 Å². The molecule has 6 nitrogen and oxygen atoms in total. The number of aliphatic imine (C=N–C) groups is 1. The summed E-state index contributed by atoms with van der Waals surface area (Å²) >= 11 is 6.91. The number of aromatic nitrogens is 2. The lowest BCUT2D eigenvalue weighted by molar-refractivity contribution is -0.115. The molecule has 3 aromatic rings. The molecule has 0 unspecified atom stereocenters. The molecule has 2 aromatic carbocycles. The van der Waals surface area contributed by atoms with E-state index in [4.69, 9.17) is 16.3 Å². The molecule has 144 valence electrons. The molecule has 0 bridgehead atoms. The van der Waals surface area contributed by atoms with E-state index < -0.39 is 5.82 Å². The van der Waals surface area contributed by atoms with Gasteiger partial charge >= 0.3 is 0 Å². The van der Waals surface area contributed by atoms with Gasteiger partial charge in [0.15, 0.2) is 5.17 Å². The Morgan fingerprint density at radius 2 is 1.90 bits per heavy atom. The molecule has 1 N–H and O–H groups in total. The van der Waals surface area contributed by atoms with Crippen LogP contribution < -0.4 is 10.1 Å². The fourth-order valence-corrected chi connectivity index (χ4v) is 3.37. The third-order valence-corrected chi connectivity index (χ3v) is 4.80. The topological polar surface area (TPSA) is 76.5 Å². The van der Waals surface area contributed by atoms with Crippen LogP contribution in [0.4, 0.5) is 10.1 Å². The van der Waals surface area contributed by atoms with Gasteiger partial charge in [0.1, 0.15) is 5.75 Å². The molecule has 29 heavy (non-hydrogen) atoms. The van der Waals surface area contributed by atoms with Crippen molar-refractivity contribution in [2.45, 2.75) is 0 Å². The molecule has 0 radical (unpaired) electrons. The molecule has 1 aliphatic rings. The highest BCUT2D eigenvalue weighted by Gasteiger charge is 2.23. The Morgan fingerprint density at radius 3 is 2.66 bits per heavy atom. The number of nitrogens with one attached hydrogen (secondary N) is 1. The minimum absolute atomic E-state index is 0.111. The van der Waals surface area contributed by atoms with Crippen LogP contribution in [0.1, 0.15) is 5.56 Å². The van der Waals surface area contributed by atoms with E-state index in [1.165, 1.54) is 11.8 Å². The number of benzene rings is 2. The molecule has 0 atom stereocenters. The number of amidine groups is 1. The Morgan fingerprint density at radius 1 is 1.14 bits per heavy atom. The highest BCUT2D eigenvalue weighted by Crippen LogP contribution is 2.29. The van der Waals surface area contributed by atoms with Gasteiger partial charge in [-0.2, -0.15) is 9.37 Å². The van der Waals surface area contributed by atoms with Crippen molar-refractivity contribution in [2.75, 3.05) is 0 Å². The lowest BCUT2D eigenvalue weighted by Crippen LogP contribution is -2.19. The maximum Gasteiger partial charge on any atom is 0.264 e. The molecular weight excluding hydrogens is 415 g/mol. The van der Waals surface area contributed by atoms with Crippen LogP contribution in [-0.4, -0.2) is 21.0 Å². The third kappa shape index (κ3) is 4.79. The zero-order chi connectivity index (χ0) is 20.2. The number of nitrogens with zero attached hydrogens (tertiary/aromatic N) is 3. The van der Waals surface area contributed by atoms with Crippen molar-refractivity contribution >= 4 is 46.2 Å². The Hall–Kier alpha value is -3.23. The fourth-order valence-electron chi connectivity index (χ4n) is 2.40. The van der Waals surface area contributed by atoms with Gasteiger partial charge in [-0.25, -0.2) is 9.98 Å². The minimum Gasteiger partial charge on any atom is -0.436 e. The standard InChI is InChI=1S/C20H12ClFN4O2S/c21-19-23-11-15(22)18(26-19)28-14-8-6-12(7-9-14)10-16-17(27)25-20(29-16)24-13-4-2-1-3-5-13/h1-11H,(H,24,25,27)/b16-10+. The van der Waals surface area contributed by atoms with E-state index in [9.17, 15) is 9.18 Å². The molecule has 0 saturated carbocycles. The zero-order valence-electron chi connectivity index (χ0n) is 14.7. The third-order valence-electron chi connectivity index (χ3n) is 3.71. The van der Waals surface area contributed by atoms with E-state index in [-0.39, 0.29) is 17.1 Å². The molecule has 4 rings (SSSR count). The van der Waals surface area contributed by atoms with E-state index in [0.29, 0.717) is 15.8 Å². The molecule has 9 heteroatoms. The predicted octanol–water partition coefficient (Wildman–Crippen LogP) is 4.95. The van der Waals surface area contributed by atoms with Gasteiger partial charge in [-0.05, 0) is 59.3 Å². The number of carbonyl (C=O) groups excluding carboxylic acids is 1. The largest absolute Gasteiger partial charge is 0.436 e. The number of hydrogen-bond acceptors (Lipinski definition) is 6. The Bertz CT molecular complexity index is 1120. The summed E-state index contributed by atoms with van der Waals surface area (Å²) in [6, 6.07) is 16.1. The second kappa shape index (κ2) is 8.42. The Balaban J connectivity index is 1.48. The van der Waals surface area contributed by atoms with E-state index >= 15 is 0 Å². The molecule has 1 aromatic heterocycles. The number of halogens is 2. The van der Waals surface area contributed by atoms with Gasteiger partial charge in [-0.15, -0.1) is 0 Å². The van der Waals surface area contributed by atoms with Crippen LogP contribution in [0.25, 0.3) is 6.08 Å². The molecule has 0 spiro atoms. The summed E-state index contributed by atoms with van der Waals surface area (Å²) in [6.45, 7) is 0. The number of carbonyl (C=O) groups is 1. The first-order valence-electron chi connectivity index (χ1n) is 8.37. The maximum atomic E-state index is 13.7. The van der Waals surface area contributed by atoms with E-state index in [1.54, 1.807) is 30.3 Å². The number of hydrogen-bond donors (Lipinski definition) is 1. The first-order valence-corrected chi connectivity index (χ1v) is 9.57. The number of amides is 1. The second-order valence-corrected chi connectivity index (χ2v) is 7.15. The van der Waals surface area contributed by atoms with Crippen molar-refractivity contribution < 1.29 is 13.9 Å². The number of rotatable bonds is 4. The van der Waals surface area contributed by atoms with Gasteiger partial charge in [0.2, 0.25) is 11.1 Å². The number of ether oxygens (including phenoxy) is 1. The lowest BCUT2D eigenvalue weighted by Gasteiger charge is -2.05. The van der Waals surface area contributed by atoms with E-state index in [2.05, 4.69) is 20.3 Å². The molecular formula is C20H12ClFN4O2S. The van der Waals surface area contributed by atoms with Crippen LogP contribution in [0.2, 0.25) is 5.28 Å². The zero-order valence-corrected chi connectivity index (χ0v) is 16.2. The molecule has 1 amide bonds. The fraction of sp³-hybridized carbons (Fsp3) is 0. The average Bonchev–Trinajstić information content (AvgIpc) is 3.05. The Kier molecular flexibility index (Phi) is 5.55. The van der Waals surface area contributed by atoms with Gasteiger partial charge in [0, 0.05) is 0 Å². The van der Waals surface area contributed by atoms with Crippen molar-refractivity contribution in [3.05, 3.63) is 82.4 Å². The average molecular weight is 427 g/mol. The van der Waals surface area contributed by atoms with Crippen LogP contribution in [0.5, 0.6) is 11.6 Å². The highest BCUT2D eigenvalue weighted by atomic mass is 35.5.